The first kappa shape index (κ1) is 16.0. The van der Waals surface area contributed by atoms with Crippen molar-refractivity contribution in [3.05, 3.63) is 35.8 Å². The van der Waals surface area contributed by atoms with E-state index in [0.29, 0.717) is 17.3 Å². The minimum Gasteiger partial charge on any atom is -0.485 e. The third kappa shape index (κ3) is 3.08. The molecule has 8 heteroatoms. The first-order chi connectivity index (χ1) is 11.4. The predicted molar refractivity (Wildman–Crippen MR) is 86.8 cm³/mol. The van der Waals surface area contributed by atoms with Gasteiger partial charge in [0, 0.05) is 10.9 Å². The van der Waals surface area contributed by atoms with E-state index < -0.39 is 5.97 Å². The van der Waals surface area contributed by atoms with E-state index in [4.69, 9.17) is 9.47 Å². The van der Waals surface area contributed by atoms with Crippen LogP contribution in [0.15, 0.2) is 24.3 Å². The minimum absolute atomic E-state index is 0.188. The van der Waals surface area contributed by atoms with Gasteiger partial charge in [-0.2, -0.15) is 4.80 Å². The Morgan fingerprint density at radius 1 is 1.33 bits per heavy atom. The Hall–Kier alpha value is -2.90. The monoisotopic (exact) mass is 329 g/mol. The predicted octanol–water partition coefficient (Wildman–Crippen LogP) is 2.27. The topological polar surface area (TPSA) is 94.9 Å². The molecule has 0 amide bonds. The van der Waals surface area contributed by atoms with Crippen molar-refractivity contribution in [3.8, 4) is 5.75 Å². The summed E-state index contributed by atoms with van der Waals surface area (Å²) in [6.07, 6.45) is 0. The number of fused-ring (bicyclic) bond motifs is 1. The number of ether oxygens (including phenoxy) is 2. The molecule has 0 saturated carbocycles. The Balaban J connectivity index is 1.81. The highest BCUT2D eigenvalue weighted by Crippen LogP contribution is 2.27. The fraction of sp³-hybridized carbons (Fsp3) is 0.375. The molecule has 0 aliphatic carbocycles. The molecular formula is C16H19N5O3. The van der Waals surface area contributed by atoms with E-state index in [2.05, 4.69) is 20.4 Å². The smallest absolute Gasteiger partial charge is 0.354 e. The minimum atomic E-state index is -0.424. The van der Waals surface area contributed by atoms with Gasteiger partial charge in [0.05, 0.1) is 12.6 Å². The van der Waals surface area contributed by atoms with Gasteiger partial charge in [-0.3, -0.25) is 0 Å². The van der Waals surface area contributed by atoms with Crippen molar-refractivity contribution in [1.82, 2.24) is 25.2 Å². The maximum absolute atomic E-state index is 11.6. The molecule has 24 heavy (non-hydrogen) atoms. The van der Waals surface area contributed by atoms with Gasteiger partial charge in [-0.25, -0.2) is 4.79 Å². The average molecular weight is 329 g/mol. The van der Waals surface area contributed by atoms with Gasteiger partial charge in [-0.1, -0.05) is 6.07 Å². The maximum atomic E-state index is 11.6. The van der Waals surface area contributed by atoms with Crippen LogP contribution in [0.5, 0.6) is 5.75 Å². The summed E-state index contributed by atoms with van der Waals surface area (Å²) in [6, 6.07) is 7.23. The second kappa shape index (κ2) is 5.95. The van der Waals surface area contributed by atoms with Gasteiger partial charge < -0.3 is 14.5 Å². The van der Waals surface area contributed by atoms with Gasteiger partial charge in [0.2, 0.25) is 5.82 Å². The molecule has 0 bridgehead atoms. The number of esters is 1. The third-order valence-electron chi connectivity index (χ3n) is 3.44. The highest BCUT2D eigenvalue weighted by Gasteiger charge is 2.17. The Bertz CT molecular complexity index is 875. The van der Waals surface area contributed by atoms with Gasteiger partial charge in [0.25, 0.3) is 0 Å². The molecule has 0 radical (unpaired) electrons. The fourth-order valence-corrected chi connectivity index (χ4v) is 2.20. The van der Waals surface area contributed by atoms with Crippen LogP contribution in [0.4, 0.5) is 0 Å². The van der Waals surface area contributed by atoms with Gasteiger partial charge in [0.15, 0.2) is 6.61 Å². The second-order valence-corrected chi connectivity index (χ2v) is 6.35. The number of hydrogen-bond acceptors (Lipinski definition) is 6. The highest BCUT2D eigenvalue weighted by atomic mass is 16.5. The molecule has 3 rings (SSSR count). The summed E-state index contributed by atoms with van der Waals surface area (Å²) >= 11 is 0. The van der Waals surface area contributed by atoms with E-state index >= 15 is 0 Å². The zero-order valence-corrected chi connectivity index (χ0v) is 14.0. The van der Waals surface area contributed by atoms with Crippen molar-refractivity contribution in [1.29, 1.82) is 0 Å². The van der Waals surface area contributed by atoms with Crippen molar-refractivity contribution in [2.45, 2.75) is 32.9 Å². The molecule has 0 fully saturated rings. The first-order valence-electron chi connectivity index (χ1n) is 7.51. The summed E-state index contributed by atoms with van der Waals surface area (Å²) in [6.45, 7) is 6.17. The standard InChI is InChI=1S/C16H19N5O3/c1-16(2,3)21-19-14(18-20-21)9-24-13-7-5-6-11-10(13)8-12(17-11)15(22)23-4/h5-8,17H,9H2,1-4H3. The Kier molecular flexibility index (Phi) is 3.96. The molecule has 2 heterocycles. The summed E-state index contributed by atoms with van der Waals surface area (Å²) in [5.74, 6) is 0.698. The van der Waals surface area contributed by atoms with Crippen molar-refractivity contribution in [2.75, 3.05) is 7.11 Å². The van der Waals surface area contributed by atoms with E-state index in [1.165, 1.54) is 7.11 Å². The Morgan fingerprint density at radius 2 is 2.12 bits per heavy atom. The van der Waals surface area contributed by atoms with E-state index in [9.17, 15) is 4.79 Å². The van der Waals surface area contributed by atoms with E-state index in [1.54, 1.807) is 10.9 Å². The number of methoxy groups -OCH3 is 1. The average Bonchev–Trinajstić information content (AvgIpc) is 3.18. The molecule has 0 spiro atoms. The molecule has 2 aromatic heterocycles. The number of nitrogens with zero attached hydrogens (tertiary/aromatic N) is 4. The largest absolute Gasteiger partial charge is 0.485 e. The van der Waals surface area contributed by atoms with Gasteiger partial charge in [-0.05, 0) is 44.2 Å². The SMILES string of the molecule is COC(=O)c1cc2c(OCc3nnn(C(C)(C)C)n3)cccc2[nH]1. The molecule has 0 unspecified atom stereocenters. The highest BCUT2D eigenvalue weighted by molar-refractivity contribution is 5.96. The lowest BCUT2D eigenvalue weighted by Crippen LogP contribution is -2.24. The summed E-state index contributed by atoms with van der Waals surface area (Å²) in [5.41, 5.74) is 0.931. The lowest BCUT2D eigenvalue weighted by molar-refractivity contribution is 0.0595. The quantitative estimate of drug-likeness (QED) is 0.738. The van der Waals surface area contributed by atoms with Crippen molar-refractivity contribution < 1.29 is 14.3 Å². The number of hydrogen-bond donors (Lipinski definition) is 1. The van der Waals surface area contributed by atoms with Gasteiger partial charge in [-0.15, -0.1) is 10.2 Å². The lowest BCUT2D eigenvalue weighted by Gasteiger charge is -2.15. The number of aromatic amines is 1. The molecule has 0 atom stereocenters. The van der Waals surface area contributed by atoms with Crippen LogP contribution in [0, 0.1) is 0 Å². The molecule has 0 aliphatic heterocycles. The second-order valence-electron chi connectivity index (χ2n) is 6.35. The Labute approximate surface area is 138 Å². The third-order valence-corrected chi connectivity index (χ3v) is 3.44. The van der Waals surface area contributed by atoms with Crippen LogP contribution in [0.2, 0.25) is 0 Å². The van der Waals surface area contributed by atoms with Crippen LogP contribution in [0.3, 0.4) is 0 Å². The van der Waals surface area contributed by atoms with E-state index in [0.717, 1.165) is 10.9 Å². The molecule has 126 valence electrons. The number of benzene rings is 1. The number of aromatic nitrogens is 5. The number of carbonyl (C=O) groups is 1. The summed E-state index contributed by atoms with van der Waals surface area (Å²) < 4.78 is 10.5. The van der Waals surface area contributed by atoms with Crippen LogP contribution < -0.4 is 4.74 Å². The number of rotatable bonds is 4. The molecule has 3 aromatic rings. The van der Waals surface area contributed by atoms with Gasteiger partial charge in [0.1, 0.15) is 11.4 Å². The normalized spacial score (nSPS) is 11.7. The molecule has 0 saturated heterocycles. The zero-order chi connectivity index (χ0) is 17.3. The number of H-pyrrole nitrogens is 1. The number of carbonyl (C=O) groups excluding carboxylic acids is 1. The van der Waals surface area contributed by atoms with Crippen LogP contribution >= 0.6 is 0 Å². The fourth-order valence-electron chi connectivity index (χ4n) is 2.20. The number of tetrazole rings is 1. The molecule has 8 nitrogen and oxygen atoms in total. The van der Waals surface area contributed by atoms with E-state index in [-0.39, 0.29) is 12.1 Å². The molecule has 1 N–H and O–H groups in total. The molecule has 1 aromatic carbocycles. The molecular weight excluding hydrogens is 310 g/mol. The lowest BCUT2D eigenvalue weighted by atomic mass is 10.1. The van der Waals surface area contributed by atoms with Crippen LogP contribution in [-0.4, -0.2) is 38.3 Å². The van der Waals surface area contributed by atoms with Crippen molar-refractivity contribution >= 4 is 16.9 Å². The summed E-state index contributed by atoms with van der Waals surface area (Å²) in [7, 11) is 1.34. The molecule has 0 aliphatic rings. The zero-order valence-electron chi connectivity index (χ0n) is 14.0. The van der Waals surface area contributed by atoms with Crippen molar-refractivity contribution in [3.63, 3.8) is 0 Å². The summed E-state index contributed by atoms with van der Waals surface area (Å²) in [5, 5.41) is 13.1. The van der Waals surface area contributed by atoms with Crippen LogP contribution in [0.1, 0.15) is 37.1 Å². The summed E-state index contributed by atoms with van der Waals surface area (Å²) in [4.78, 5) is 16.2. The Morgan fingerprint density at radius 3 is 2.79 bits per heavy atom. The van der Waals surface area contributed by atoms with Crippen LogP contribution in [-0.2, 0) is 16.9 Å². The van der Waals surface area contributed by atoms with Crippen LogP contribution in [0.25, 0.3) is 10.9 Å². The van der Waals surface area contributed by atoms with Gasteiger partial charge >= 0.3 is 5.97 Å². The van der Waals surface area contributed by atoms with Crippen molar-refractivity contribution in [2.24, 2.45) is 0 Å². The maximum Gasteiger partial charge on any atom is 0.354 e. The van der Waals surface area contributed by atoms with E-state index in [1.807, 2.05) is 39.0 Å². The first-order valence-corrected chi connectivity index (χ1v) is 7.51. The number of nitrogens with one attached hydrogen (secondary N) is 1.